The Morgan fingerprint density at radius 1 is 1.08 bits per heavy atom. The number of β-lactam (4-membered cyclic amide) rings is 1. The SMILES string of the molecule is Nc1nc(C(=NOC2C=CCC2)C(=O)NC2C(=O)N3C(C(=O)OC(c4ccccc4)c4ccccc4)=C(S/C=C\c4cccnc4)CS[C@H]23)ns1. The van der Waals surface area contributed by atoms with Gasteiger partial charge in [0.15, 0.2) is 11.2 Å². The number of nitrogens with two attached hydrogens (primary N) is 1. The van der Waals surface area contributed by atoms with Crippen molar-refractivity contribution in [1.82, 2.24) is 24.6 Å². The number of hydrogen-bond donors (Lipinski definition) is 2. The Kier molecular flexibility index (Phi) is 10.6. The average molecular weight is 738 g/mol. The maximum Gasteiger partial charge on any atom is 0.356 e. The lowest BCUT2D eigenvalue weighted by atomic mass is 10.0. The number of nitrogens with one attached hydrogen (secondary N) is 1. The molecule has 1 aliphatic carbocycles. The van der Waals surface area contributed by atoms with E-state index in [9.17, 15) is 14.4 Å². The first-order valence-electron chi connectivity index (χ1n) is 16.0. The van der Waals surface area contributed by atoms with Gasteiger partial charge >= 0.3 is 5.97 Å². The first-order chi connectivity index (χ1) is 25.0. The first kappa shape index (κ1) is 34.2. The second-order valence-electron chi connectivity index (χ2n) is 11.5. The number of oxime groups is 1. The lowest BCUT2D eigenvalue weighted by Gasteiger charge is -2.49. The highest BCUT2D eigenvalue weighted by Crippen LogP contribution is 2.45. The summed E-state index contributed by atoms with van der Waals surface area (Å²) in [5.74, 6) is -1.45. The molecule has 12 nitrogen and oxygen atoms in total. The fourth-order valence-electron chi connectivity index (χ4n) is 5.63. The second kappa shape index (κ2) is 15.7. The van der Waals surface area contributed by atoms with Crippen molar-refractivity contribution in [3.05, 3.63) is 136 Å². The van der Waals surface area contributed by atoms with Crippen molar-refractivity contribution in [1.29, 1.82) is 0 Å². The molecule has 0 bridgehead atoms. The minimum Gasteiger partial charge on any atom is -0.448 e. The number of esters is 1. The van der Waals surface area contributed by atoms with Crippen molar-refractivity contribution in [2.24, 2.45) is 5.16 Å². The van der Waals surface area contributed by atoms with Crippen molar-refractivity contribution >= 4 is 69.8 Å². The van der Waals surface area contributed by atoms with Crippen molar-refractivity contribution in [3.8, 4) is 0 Å². The van der Waals surface area contributed by atoms with Crippen LogP contribution in [-0.2, 0) is 24.0 Å². The molecular weight excluding hydrogens is 707 g/mol. The number of hydrogen-bond acceptors (Lipinski definition) is 13. The highest BCUT2D eigenvalue weighted by Gasteiger charge is 2.55. The van der Waals surface area contributed by atoms with Gasteiger partial charge < -0.3 is 20.6 Å². The van der Waals surface area contributed by atoms with Gasteiger partial charge in [0, 0.05) is 34.6 Å². The minimum absolute atomic E-state index is 0.00646. The number of amides is 2. The van der Waals surface area contributed by atoms with Gasteiger partial charge in [0.2, 0.25) is 11.5 Å². The number of pyridine rings is 1. The molecule has 0 spiro atoms. The van der Waals surface area contributed by atoms with E-state index in [1.165, 1.54) is 28.4 Å². The molecule has 2 amide bonds. The fourth-order valence-corrected chi connectivity index (χ4v) is 8.41. The molecule has 2 unspecified atom stereocenters. The Balaban J connectivity index is 1.16. The molecule has 15 heteroatoms. The summed E-state index contributed by atoms with van der Waals surface area (Å²) in [5.41, 5.74) is 8.18. The summed E-state index contributed by atoms with van der Waals surface area (Å²) in [7, 11) is 0. The van der Waals surface area contributed by atoms with E-state index in [0.717, 1.165) is 41.1 Å². The molecule has 7 rings (SSSR count). The van der Waals surface area contributed by atoms with Crippen molar-refractivity contribution in [2.75, 3.05) is 11.5 Å². The molecule has 0 radical (unpaired) electrons. The largest absolute Gasteiger partial charge is 0.448 e. The highest BCUT2D eigenvalue weighted by molar-refractivity contribution is 8.08. The van der Waals surface area contributed by atoms with Gasteiger partial charge in [0.25, 0.3) is 11.8 Å². The maximum absolute atomic E-state index is 14.3. The topological polar surface area (TPSA) is 162 Å². The number of anilines is 1. The zero-order valence-corrected chi connectivity index (χ0v) is 29.4. The summed E-state index contributed by atoms with van der Waals surface area (Å²) in [4.78, 5) is 57.8. The van der Waals surface area contributed by atoms with Crippen LogP contribution in [-0.4, -0.2) is 66.0 Å². The molecule has 2 aromatic heterocycles. The molecule has 4 heterocycles. The number of nitrogen functional groups attached to an aromatic ring is 1. The number of carbonyl (C=O) groups excluding carboxylic acids is 3. The maximum atomic E-state index is 14.3. The third kappa shape index (κ3) is 7.75. The molecule has 1 saturated heterocycles. The van der Waals surface area contributed by atoms with Crippen LogP contribution in [0.1, 0.15) is 41.5 Å². The number of nitrogens with zero attached hydrogens (tertiary/aromatic N) is 5. The molecule has 3 aliphatic rings. The number of ether oxygens (including phenoxy) is 1. The molecule has 258 valence electrons. The number of rotatable bonds is 12. The number of fused-ring (bicyclic) bond motifs is 1. The van der Waals surface area contributed by atoms with Crippen LogP contribution >= 0.6 is 35.1 Å². The van der Waals surface area contributed by atoms with Crippen molar-refractivity contribution in [2.45, 2.75) is 36.5 Å². The van der Waals surface area contributed by atoms with Crippen molar-refractivity contribution in [3.63, 3.8) is 0 Å². The van der Waals surface area contributed by atoms with Gasteiger partial charge in [-0.3, -0.25) is 19.5 Å². The van der Waals surface area contributed by atoms with E-state index in [4.69, 9.17) is 15.3 Å². The number of allylic oxidation sites excluding steroid dienone is 1. The Bertz CT molecular complexity index is 1980. The molecule has 4 aromatic rings. The van der Waals surface area contributed by atoms with E-state index < -0.39 is 35.3 Å². The Hall–Kier alpha value is -5.25. The third-order valence-corrected chi connectivity index (χ3v) is 11.0. The third-order valence-electron chi connectivity index (χ3n) is 8.11. The van der Waals surface area contributed by atoms with E-state index in [1.54, 1.807) is 12.4 Å². The van der Waals surface area contributed by atoms with E-state index in [-0.39, 0.29) is 28.5 Å². The van der Waals surface area contributed by atoms with Crippen LogP contribution in [0.4, 0.5) is 5.13 Å². The quantitative estimate of drug-likeness (QED) is 0.0638. The number of thioether (sulfide) groups is 2. The van der Waals surface area contributed by atoms with Crippen molar-refractivity contribution < 1.29 is 24.0 Å². The van der Waals surface area contributed by atoms with Crippen LogP contribution in [0.15, 0.2) is 119 Å². The summed E-state index contributed by atoms with van der Waals surface area (Å²) < 4.78 is 10.4. The molecule has 3 atom stereocenters. The van der Waals surface area contributed by atoms with Gasteiger partial charge in [-0.25, -0.2) is 4.79 Å². The van der Waals surface area contributed by atoms with Gasteiger partial charge in [-0.1, -0.05) is 89.7 Å². The monoisotopic (exact) mass is 737 g/mol. The second-order valence-corrected chi connectivity index (χ2v) is 14.4. The van der Waals surface area contributed by atoms with Crippen LogP contribution in [0.2, 0.25) is 0 Å². The zero-order chi connectivity index (χ0) is 35.2. The predicted molar refractivity (Wildman–Crippen MR) is 198 cm³/mol. The number of benzene rings is 2. The van der Waals surface area contributed by atoms with E-state index in [0.29, 0.717) is 10.7 Å². The Morgan fingerprint density at radius 3 is 2.49 bits per heavy atom. The summed E-state index contributed by atoms with van der Waals surface area (Å²) in [6.45, 7) is 0. The molecule has 2 aliphatic heterocycles. The normalized spacial score (nSPS) is 20.0. The Morgan fingerprint density at radius 2 is 1.84 bits per heavy atom. The van der Waals surface area contributed by atoms with E-state index in [1.807, 2.05) is 96.4 Å². The summed E-state index contributed by atoms with van der Waals surface area (Å²) >= 11 is 3.67. The lowest BCUT2D eigenvalue weighted by Crippen LogP contribution is -2.71. The fraction of sp³-hybridized carbons (Fsp3) is 0.194. The molecular formula is C36H31N7O5S3. The molecule has 51 heavy (non-hydrogen) atoms. The molecule has 3 N–H and O–H groups in total. The summed E-state index contributed by atoms with van der Waals surface area (Å²) in [5, 5.41) is 8.28. The zero-order valence-electron chi connectivity index (χ0n) is 26.9. The number of carbonyl (C=O) groups is 3. The molecule has 1 fully saturated rings. The van der Waals surface area contributed by atoms with Crippen LogP contribution in [0.3, 0.4) is 0 Å². The van der Waals surface area contributed by atoms with Gasteiger partial charge in [-0.05, 0) is 53.2 Å². The molecule has 2 aromatic carbocycles. The standard InChI is InChI=1S/C36H31N7O5S3/c37-36-40-31(42-51-36)27(41-48-25-15-7-8-16-25)32(44)39-28-33(45)43-29(26(21-50-34(28)43)49-19-17-22-10-9-18-38-20-22)35(46)47-30(23-11-3-1-4-12-23)24-13-5-2-6-14-24/h1-7,9-15,17-20,25,28,30,34H,8,16,21H2,(H,39,44)(H2,37,40,42)/b19-17-,41-27?/t25?,28?,34-/m1/s1. The van der Waals surface area contributed by atoms with Crippen LogP contribution in [0, 0.1) is 0 Å². The summed E-state index contributed by atoms with van der Waals surface area (Å²) in [6.07, 6.45) is 9.67. The smallest absolute Gasteiger partial charge is 0.356 e. The average Bonchev–Trinajstić information content (AvgIpc) is 3.85. The van der Waals surface area contributed by atoms with E-state index >= 15 is 0 Å². The van der Waals surface area contributed by atoms with Gasteiger partial charge in [-0.15, -0.1) is 11.8 Å². The summed E-state index contributed by atoms with van der Waals surface area (Å²) in [6, 6.07) is 21.7. The van der Waals surface area contributed by atoms with Gasteiger partial charge in [0.05, 0.1) is 0 Å². The lowest BCUT2D eigenvalue weighted by molar-refractivity contribution is -0.154. The molecule has 0 saturated carbocycles. The van der Waals surface area contributed by atoms with Gasteiger partial charge in [0.1, 0.15) is 23.2 Å². The van der Waals surface area contributed by atoms with Crippen LogP contribution < -0.4 is 11.1 Å². The number of aromatic nitrogens is 3. The Labute approximate surface area is 306 Å². The highest BCUT2D eigenvalue weighted by atomic mass is 32.2. The minimum atomic E-state index is -0.964. The predicted octanol–water partition coefficient (Wildman–Crippen LogP) is 5.30. The first-order valence-corrected chi connectivity index (χ1v) is 18.7. The van der Waals surface area contributed by atoms with Crippen LogP contribution in [0.5, 0.6) is 0 Å². The van der Waals surface area contributed by atoms with Gasteiger partial charge in [-0.2, -0.15) is 9.36 Å². The van der Waals surface area contributed by atoms with Crippen LogP contribution in [0.25, 0.3) is 6.08 Å². The van der Waals surface area contributed by atoms with E-state index in [2.05, 4.69) is 24.8 Å².